The van der Waals surface area contributed by atoms with Crippen molar-refractivity contribution in [3.8, 4) is 0 Å². The fourth-order valence-electron chi connectivity index (χ4n) is 3.83. The quantitative estimate of drug-likeness (QED) is 0.543. The van der Waals surface area contributed by atoms with E-state index in [-0.39, 0.29) is 11.7 Å². The van der Waals surface area contributed by atoms with Gasteiger partial charge in [0.05, 0.1) is 11.3 Å². The van der Waals surface area contributed by atoms with E-state index in [0.29, 0.717) is 23.8 Å². The van der Waals surface area contributed by atoms with Crippen molar-refractivity contribution in [3.05, 3.63) is 70.9 Å². The number of rotatable bonds is 6. The average molecular weight is 401 g/mol. The molecule has 4 rings (SSSR count). The third-order valence-corrected chi connectivity index (χ3v) is 5.58. The van der Waals surface area contributed by atoms with Crippen LogP contribution in [-0.4, -0.2) is 15.8 Å². The zero-order valence-corrected chi connectivity index (χ0v) is 17.8. The standard InChI is InChI=1S/C25H28N4O/c1-4-17-6-10-19(11-7-17)26-24-23-21(14-16(3)15-22(23)30)28-25(29-24)27-20-12-8-18(5-2)9-13-20/h6-13,16H,4-5,14-15H2,1-3H3,(H2,26,27,28,29). The first-order chi connectivity index (χ1) is 14.6. The van der Waals surface area contributed by atoms with E-state index in [1.54, 1.807) is 0 Å². The molecule has 1 aliphatic rings. The number of hydrogen-bond donors (Lipinski definition) is 2. The second-order valence-electron chi connectivity index (χ2n) is 8.01. The molecule has 0 saturated heterocycles. The Hall–Kier alpha value is -3.21. The van der Waals surface area contributed by atoms with Crippen LogP contribution < -0.4 is 10.6 Å². The van der Waals surface area contributed by atoms with Crippen molar-refractivity contribution in [2.24, 2.45) is 5.92 Å². The van der Waals surface area contributed by atoms with E-state index in [0.717, 1.165) is 36.3 Å². The first-order valence-corrected chi connectivity index (χ1v) is 10.7. The maximum atomic E-state index is 12.8. The van der Waals surface area contributed by atoms with Crippen LogP contribution in [0.5, 0.6) is 0 Å². The summed E-state index contributed by atoms with van der Waals surface area (Å²) in [6.07, 6.45) is 3.30. The van der Waals surface area contributed by atoms with E-state index in [2.05, 4.69) is 60.7 Å². The van der Waals surface area contributed by atoms with E-state index >= 15 is 0 Å². The number of nitrogens with one attached hydrogen (secondary N) is 2. The highest BCUT2D eigenvalue weighted by molar-refractivity contribution is 6.03. The van der Waals surface area contributed by atoms with Crippen LogP contribution >= 0.6 is 0 Å². The zero-order chi connectivity index (χ0) is 21.1. The fourth-order valence-corrected chi connectivity index (χ4v) is 3.83. The minimum atomic E-state index is 0.107. The smallest absolute Gasteiger partial charge is 0.229 e. The lowest BCUT2D eigenvalue weighted by molar-refractivity contribution is 0.0953. The Morgan fingerprint density at radius 2 is 1.40 bits per heavy atom. The number of benzene rings is 2. The van der Waals surface area contributed by atoms with Gasteiger partial charge in [-0.05, 0) is 60.6 Å². The second-order valence-corrected chi connectivity index (χ2v) is 8.01. The molecule has 30 heavy (non-hydrogen) atoms. The SMILES string of the molecule is CCc1ccc(Nc2nc3c(c(Nc4ccc(CC)cc4)n2)C(=O)CC(C)C3)cc1. The molecule has 3 aromatic rings. The van der Waals surface area contributed by atoms with Crippen molar-refractivity contribution in [2.45, 2.75) is 46.5 Å². The van der Waals surface area contributed by atoms with Crippen molar-refractivity contribution < 1.29 is 4.79 Å². The van der Waals surface area contributed by atoms with Gasteiger partial charge < -0.3 is 10.6 Å². The van der Waals surface area contributed by atoms with Crippen molar-refractivity contribution in [1.82, 2.24) is 9.97 Å². The maximum Gasteiger partial charge on any atom is 0.229 e. The molecule has 1 atom stereocenters. The number of ketones is 1. The van der Waals surface area contributed by atoms with Crippen LogP contribution in [0.4, 0.5) is 23.1 Å². The third-order valence-electron chi connectivity index (χ3n) is 5.58. The summed E-state index contributed by atoms with van der Waals surface area (Å²) in [5.41, 5.74) is 5.84. The highest BCUT2D eigenvalue weighted by Crippen LogP contribution is 2.32. The van der Waals surface area contributed by atoms with Crippen LogP contribution in [0.3, 0.4) is 0 Å². The van der Waals surface area contributed by atoms with E-state index in [1.165, 1.54) is 11.1 Å². The van der Waals surface area contributed by atoms with Crippen molar-refractivity contribution >= 4 is 28.9 Å². The molecule has 154 valence electrons. The lowest BCUT2D eigenvalue weighted by Gasteiger charge is -2.23. The summed E-state index contributed by atoms with van der Waals surface area (Å²) in [5, 5.41) is 6.67. The Bertz CT molecular complexity index is 1040. The van der Waals surface area contributed by atoms with Gasteiger partial charge in [-0.25, -0.2) is 4.98 Å². The molecule has 1 aliphatic carbocycles. The Morgan fingerprint density at radius 1 is 0.833 bits per heavy atom. The Morgan fingerprint density at radius 3 is 1.97 bits per heavy atom. The molecule has 1 aromatic heterocycles. The summed E-state index contributed by atoms with van der Waals surface area (Å²) >= 11 is 0. The molecule has 0 amide bonds. The number of aromatic nitrogens is 2. The monoisotopic (exact) mass is 400 g/mol. The molecule has 1 heterocycles. The number of carbonyl (C=O) groups excluding carboxylic acids is 1. The first kappa shape index (κ1) is 20.1. The molecule has 0 spiro atoms. The van der Waals surface area contributed by atoms with Crippen molar-refractivity contribution in [1.29, 1.82) is 0 Å². The second kappa shape index (κ2) is 8.66. The first-order valence-electron chi connectivity index (χ1n) is 10.7. The summed E-state index contributed by atoms with van der Waals surface area (Å²) in [6.45, 7) is 6.36. The minimum absolute atomic E-state index is 0.107. The summed E-state index contributed by atoms with van der Waals surface area (Å²) in [4.78, 5) is 22.2. The van der Waals surface area contributed by atoms with Gasteiger partial charge in [0.25, 0.3) is 0 Å². The minimum Gasteiger partial charge on any atom is -0.339 e. The Labute approximate surface area is 178 Å². The van der Waals surface area contributed by atoms with Crippen molar-refractivity contribution in [3.63, 3.8) is 0 Å². The lowest BCUT2D eigenvalue weighted by Crippen LogP contribution is -2.22. The predicted octanol–water partition coefficient (Wildman–Crippen LogP) is 5.85. The van der Waals surface area contributed by atoms with Gasteiger partial charge in [0.1, 0.15) is 5.82 Å². The molecule has 0 saturated carbocycles. The van der Waals surface area contributed by atoms with Crippen molar-refractivity contribution in [2.75, 3.05) is 10.6 Å². The van der Waals surface area contributed by atoms with Crippen LogP contribution in [0.25, 0.3) is 0 Å². The molecule has 1 unspecified atom stereocenters. The number of fused-ring (bicyclic) bond motifs is 1. The third kappa shape index (κ3) is 4.35. The van der Waals surface area contributed by atoms with E-state index in [9.17, 15) is 4.79 Å². The number of hydrogen-bond acceptors (Lipinski definition) is 5. The van der Waals surface area contributed by atoms with Crippen LogP contribution in [0, 0.1) is 5.92 Å². The maximum absolute atomic E-state index is 12.8. The molecular formula is C25H28N4O. The summed E-state index contributed by atoms with van der Waals surface area (Å²) in [5.74, 6) is 1.48. The molecule has 5 nitrogen and oxygen atoms in total. The van der Waals surface area contributed by atoms with Crippen LogP contribution in [0.15, 0.2) is 48.5 Å². The van der Waals surface area contributed by atoms with Gasteiger partial charge in [-0.2, -0.15) is 4.98 Å². The van der Waals surface area contributed by atoms with Gasteiger partial charge in [0.2, 0.25) is 5.95 Å². The number of Topliss-reactive ketones (excluding diaryl/α,β-unsaturated/α-hetero) is 1. The number of aryl methyl sites for hydroxylation is 2. The highest BCUT2D eigenvalue weighted by Gasteiger charge is 2.28. The lowest BCUT2D eigenvalue weighted by atomic mass is 9.87. The van der Waals surface area contributed by atoms with E-state index in [1.807, 2.05) is 24.3 Å². The van der Waals surface area contributed by atoms with Crippen LogP contribution in [0.2, 0.25) is 0 Å². The average Bonchev–Trinajstić information content (AvgIpc) is 2.74. The summed E-state index contributed by atoms with van der Waals surface area (Å²) in [7, 11) is 0. The van der Waals surface area contributed by atoms with Gasteiger partial charge in [-0.15, -0.1) is 0 Å². The fraction of sp³-hybridized carbons (Fsp3) is 0.320. The molecule has 0 bridgehead atoms. The van der Waals surface area contributed by atoms with Gasteiger partial charge in [-0.1, -0.05) is 45.0 Å². The topological polar surface area (TPSA) is 66.9 Å². The van der Waals surface area contributed by atoms with E-state index in [4.69, 9.17) is 4.98 Å². The molecule has 2 aromatic carbocycles. The molecule has 0 aliphatic heterocycles. The molecule has 0 fully saturated rings. The summed E-state index contributed by atoms with van der Waals surface area (Å²) in [6, 6.07) is 16.5. The molecule has 5 heteroatoms. The molecule has 0 radical (unpaired) electrons. The summed E-state index contributed by atoms with van der Waals surface area (Å²) < 4.78 is 0. The van der Waals surface area contributed by atoms with Crippen LogP contribution in [-0.2, 0) is 19.3 Å². The van der Waals surface area contributed by atoms with E-state index < -0.39 is 0 Å². The highest BCUT2D eigenvalue weighted by atomic mass is 16.1. The van der Waals surface area contributed by atoms with Gasteiger partial charge >= 0.3 is 0 Å². The normalized spacial score (nSPS) is 15.6. The zero-order valence-electron chi connectivity index (χ0n) is 17.8. The molecule has 2 N–H and O–H groups in total. The van der Waals surface area contributed by atoms with Crippen LogP contribution in [0.1, 0.15) is 54.4 Å². The predicted molar refractivity (Wildman–Crippen MR) is 122 cm³/mol. The largest absolute Gasteiger partial charge is 0.339 e. The number of carbonyl (C=O) groups is 1. The Balaban J connectivity index is 1.69. The molecular weight excluding hydrogens is 372 g/mol. The van der Waals surface area contributed by atoms with Gasteiger partial charge in [0.15, 0.2) is 5.78 Å². The van der Waals surface area contributed by atoms with Gasteiger partial charge in [0, 0.05) is 17.8 Å². The number of anilines is 4. The number of nitrogens with zero attached hydrogens (tertiary/aromatic N) is 2. The Kier molecular flexibility index (Phi) is 5.79. The van der Waals surface area contributed by atoms with Gasteiger partial charge in [-0.3, -0.25) is 4.79 Å².